The first-order chi connectivity index (χ1) is 8.06. The summed E-state index contributed by atoms with van der Waals surface area (Å²) in [4.78, 5) is 1.15. The highest BCUT2D eigenvalue weighted by Gasteiger charge is 2.11. The fraction of sp³-hybridized carbons (Fsp3) is 0.231. The fourth-order valence-electron chi connectivity index (χ4n) is 1.59. The fourth-order valence-corrected chi connectivity index (χ4v) is 3.26. The number of aliphatic hydroxyl groups excluding tert-OH is 1. The molecule has 17 heavy (non-hydrogen) atoms. The zero-order valence-electron chi connectivity index (χ0n) is 9.28. The third-order valence-corrected chi connectivity index (χ3v) is 4.72. The Labute approximate surface area is 118 Å². The molecule has 0 fully saturated rings. The second-order valence-electron chi connectivity index (χ2n) is 3.96. The lowest BCUT2D eigenvalue weighted by molar-refractivity contribution is 0.179. The van der Waals surface area contributed by atoms with Crippen molar-refractivity contribution in [2.75, 3.05) is 0 Å². The lowest BCUT2D eigenvalue weighted by atomic mass is 10.0. The Bertz CT molecular complexity index is 524. The smallest absolute Gasteiger partial charge is 0.0838 e. The highest BCUT2D eigenvalue weighted by Crippen LogP contribution is 2.27. The first-order valence-corrected chi connectivity index (χ1v) is 7.28. The van der Waals surface area contributed by atoms with Gasteiger partial charge >= 0.3 is 0 Å². The van der Waals surface area contributed by atoms with Crippen LogP contribution < -0.4 is 0 Å². The van der Waals surface area contributed by atoms with Gasteiger partial charge in [0.2, 0.25) is 0 Å². The van der Waals surface area contributed by atoms with Gasteiger partial charge in [0.15, 0.2) is 0 Å². The highest BCUT2D eigenvalue weighted by atomic mass is 79.9. The van der Waals surface area contributed by atoms with E-state index < -0.39 is 6.10 Å². The summed E-state index contributed by atoms with van der Waals surface area (Å²) in [5.41, 5.74) is 1.90. The Kier molecular flexibility index (Phi) is 4.26. The maximum atomic E-state index is 10.1. The van der Waals surface area contributed by atoms with Gasteiger partial charge in [0.1, 0.15) is 0 Å². The summed E-state index contributed by atoms with van der Waals surface area (Å²) in [6, 6.07) is 7.73. The van der Waals surface area contributed by atoms with Crippen molar-refractivity contribution in [1.82, 2.24) is 0 Å². The van der Waals surface area contributed by atoms with E-state index in [0.717, 1.165) is 20.5 Å². The Morgan fingerprint density at radius 1 is 1.41 bits per heavy atom. The van der Waals surface area contributed by atoms with Crippen molar-refractivity contribution >= 4 is 38.9 Å². The molecule has 0 aliphatic rings. The molecule has 90 valence electrons. The Morgan fingerprint density at radius 2 is 2.18 bits per heavy atom. The van der Waals surface area contributed by atoms with Crippen molar-refractivity contribution < 1.29 is 5.11 Å². The Hall–Kier alpha value is -0.350. The van der Waals surface area contributed by atoms with Crippen LogP contribution in [0.25, 0.3) is 0 Å². The summed E-state index contributed by atoms with van der Waals surface area (Å²) in [7, 11) is 0. The molecule has 0 spiro atoms. The number of rotatable bonds is 3. The van der Waals surface area contributed by atoms with Crippen LogP contribution in [-0.4, -0.2) is 5.11 Å². The van der Waals surface area contributed by atoms with Crippen molar-refractivity contribution in [3.63, 3.8) is 0 Å². The van der Waals surface area contributed by atoms with E-state index in [0.29, 0.717) is 11.4 Å². The predicted octanol–water partition coefficient (Wildman–Crippen LogP) is 4.75. The van der Waals surface area contributed by atoms with Gasteiger partial charge in [-0.25, -0.2) is 0 Å². The molecule has 1 aromatic carbocycles. The first kappa shape index (κ1) is 13.1. The van der Waals surface area contributed by atoms with Gasteiger partial charge in [-0.1, -0.05) is 23.7 Å². The minimum Gasteiger partial charge on any atom is -0.388 e. The number of benzene rings is 1. The van der Waals surface area contributed by atoms with Gasteiger partial charge in [-0.15, -0.1) is 11.3 Å². The van der Waals surface area contributed by atoms with Crippen molar-refractivity contribution in [2.24, 2.45) is 0 Å². The maximum absolute atomic E-state index is 10.1. The molecule has 1 nitrogen and oxygen atoms in total. The molecule has 0 aliphatic carbocycles. The average Bonchev–Trinajstić information content (AvgIpc) is 2.68. The average molecular weight is 332 g/mol. The number of hydrogen-bond donors (Lipinski definition) is 1. The van der Waals surface area contributed by atoms with Gasteiger partial charge in [0, 0.05) is 26.2 Å². The van der Waals surface area contributed by atoms with Gasteiger partial charge in [0.25, 0.3) is 0 Å². The lowest BCUT2D eigenvalue weighted by Gasteiger charge is -2.11. The molecule has 1 N–H and O–H groups in total. The van der Waals surface area contributed by atoms with Crippen LogP contribution in [0, 0.1) is 6.92 Å². The summed E-state index contributed by atoms with van der Waals surface area (Å²) >= 11 is 11.1. The second kappa shape index (κ2) is 5.53. The van der Waals surface area contributed by atoms with Crippen LogP contribution >= 0.6 is 38.9 Å². The van der Waals surface area contributed by atoms with Crippen molar-refractivity contribution in [3.8, 4) is 0 Å². The minimum absolute atomic E-state index is 0.501. The number of aliphatic hydroxyl groups is 1. The maximum Gasteiger partial charge on any atom is 0.0838 e. The van der Waals surface area contributed by atoms with Crippen LogP contribution in [-0.2, 0) is 6.42 Å². The summed E-state index contributed by atoms with van der Waals surface area (Å²) in [6.07, 6.45) is 0.119. The molecule has 0 aliphatic heterocycles. The predicted molar refractivity (Wildman–Crippen MR) is 76.9 cm³/mol. The molecule has 1 heterocycles. The quantitative estimate of drug-likeness (QED) is 0.860. The van der Waals surface area contributed by atoms with Crippen LogP contribution in [0.2, 0.25) is 5.02 Å². The van der Waals surface area contributed by atoms with E-state index in [4.69, 9.17) is 11.6 Å². The molecule has 0 amide bonds. The van der Waals surface area contributed by atoms with Gasteiger partial charge < -0.3 is 5.11 Å². The molecule has 1 aromatic heterocycles. The number of aryl methyl sites for hydroxylation is 1. The van der Waals surface area contributed by atoms with Gasteiger partial charge in [-0.2, -0.15) is 0 Å². The molecule has 0 saturated heterocycles. The van der Waals surface area contributed by atoms with Crippen LogP contribution in [0.5, 0.6) is 0 Å². The van der Waals surface area contributed by atoms with Crippen LogP contribution in [0.4, 0.5) is 0 Å². The molecule has 2 aromatic rings. The van der Waals surface area contributed by atoms with Gasteiger partial charge in [-0.3, -0.25) is 0 Å². The van der Waals surface area contributed by atoms with Crippen LogP contribution in [0.15, 0.2) is 34.1 Å². The van der Waals surface area contributed by atoms with Gasteiger partial charge in [-0.05, 0) is 46.1 Å². The van der Waals surface area contributed by atoms with E-state index in [9.17, 15) is 5.11 Å². The van der Waals surface area contributed by atoms with E-state index in [1.54, 1.807) is 11.3 Å². The largest absolute Gasteiger partial charge is 0.388 e. The highest BCUT2D eigenvalue weighted by molar-refractivity contribution is 9.10. The van der Waals surface area contributed by atoms with E-state index in [1.807, 2.05) is 36.6 Å². The zero-order valence-corrected chi connectivity index (χ0v) is 12.4. The molecule has 0 saturated carbocycles. The monoisotopic (exact) mass is 330 g/mol. The molecule has 1 atom stereocenters. The van der Waals surface area contributed by atoms with Crippen molar-refractivity contribution in [1.29, 1.82) is 0 Å². The number of hydrogen-bond acceptors (Lipinski definition) is 2. The summed E-state index contributed by atoms with van der Waals surface area (Å²) < 4.78 is 1.06. The standard InChI is InChI=1S/C13H12BrClOS/c1-8-2-3-9(4-12(8)15)13(16)6-11-5-10(14)7-17-11/h2-5,7,13,16H,6H2,1H3. The molecule has 2 rings (SSSR count). The normalized spacial score (nSPS) is 12.7. The second-order valence-corrected chi connectivity index (χ2v) is 6.28. The molecule has 1 unspecified atom stereocenters. The van der Waals surface area contributed by atoms with Crippen molar-refractivity contribution in [3.05, 3.63) is 55.1 Å². The Balaban J connectivity index is 2.14. The lowest BCUT2D eigenvalue weighted by Crippen LogP contribution is -2.00. The first-order valence-electron chi connectivity index (χ1n) is 5.23. The molecule has 4 heteroatoms. The van der Waals surface area contributed by atoms with E-state index in [-0.39, 0.29) is 0 Å². The van der Waals surface area contributed by atoms with Crippen LogP contribution in [0.1, 0.15) is 22.1 Å². The molecule has 0 bridgehead atoms. The minimum atomic E-state index is -0.501. The van der Waals surface area contributed by atoms with Crippen LogP contribution in [0.3, 0.4) is 0 Å². The van der Waals surface area contributed by atoms with Gasteiger partial charge in [0.05, 0.1) is 6.10 Å². The van der Waals surface area contributed by atoms with E-state index >= 15 is 0 Å². The molecular weight excluding hydrogens is 320 g/mol. The summed E-state index contributed by atoms with van der Waals surface area (Å²) in [5.74, 6) is 0. The van der Waals surface area contributed by atoms with Crippen molar-refractivity contribution in [2.45, 2.75) is 19.4 Å². The zero-order chi connectivity index (χ0) is 12.4. The van der Waals surface area contributed by atoms with E-state index in [1.165, 1.54) is 0 Å². The third kappa shape index (κ3) is 3.32. The SMILES string of the molecule is Cc1ccc(C(O)Cc2cc(Br)cs2)cc1Cl. The topological polar surface area (TPSA) is 20.2 Å². The molecular formula is C13H12BrClOS. The molecule has 0 radical (unpaired) electrons. The van der Waals surface area contributed by atoms with E-state index in [2.05, 4.69) is 15.9 Å². The summed E-state index contributed by atoms with van der Waals surface area (Å²) in [5, 5.41) is 12.9. The number of thiophene rings is 1. The summed E-state index contributed by atoms with van der Waals surface area (Å²) in [6.45, 7) is 1.95. The number of halogens is 2. The Morgan fingerprint density at radius 3 is 2.76 bits per heavy atom. The third-order valence-electron chi connectivity index (χ3n) is 2.60.